The summed E-state index contributed by atoms with van der Waals surface area (Å²) in [6.07, 6.45) is 0.914. The van der Waals surface area contributed by atoms with Crippen LogP contribution in [-0.2, 0) is 6.54 Å². The van der Waals surface area contributed by atoms with Crippen LogP contribution in [0.2, 0.25) is 5.02 Å². The maximum atomic E-state index is 13.5. The Morgan fingerprint density at radius 2 is 1.21 bits per heavy atom. The van der Waals surface area contributed by atoms with Crippen molar-refractivity contribution >= 4 is 47.4 Å². The Hall–Kier alpha value is -3.10. The number of nitrogens with zero attached hydrogens (tertiary/aromatic N) is 4. The highest BCUT2D eigenvalue weighted by Gasteiger charge is 2.26. The van der Waals surface area contributed by atoms with Crippen molar-refractivity contribution < 1.29 is 5.48 Å². The Balaban J connectivity index is 0.00000161. The summed E-state index contributed by atoms with van der Waals surface area (Å²) in [6, 6.07) is 37.4. The molecule has 1 fully saturated rings. The molecule has 4 aromatic carbocycles. The molecule has 0 atom stereocenters. The third-order valence-corrected chi connectivity index (χ3v) is 8.00. The Morgan fingerprint density at radius 1 is 0.667 bits per heavy atom. The van der Waals surface area contributed by atoms with Crippen molar-refractivity contribution in [3.63, 3.8) is 0 Å². The molecule has 0 aliphatic carbocycles. The molecule has 6 nitrogen and oxygen atoms in total. The summed E-state index contributed by atoms with van der Waals surface area (Å²) in [5, 5.41) is 0.631. The van der Waals surface area contributed by atoms with Gasteiger partial charge in [-0.05, 0) is 54.4 Å². The van der Waals surface area contributed by atoms with E-state index in [2.05, 4.69) is 70.5 Å². The Labute approximate surface area is 264 Å². The normalized spacial score (nSPS) is 13.8. The fourth-order valence-corrected chi connectivity index (χ4v) is 6.02. The number of rotatable bonds is 8. The zero-order valence-corrected chi connectivity index (χ0v) is 25.7. The molecular weight excluding hydrogens is 591 g/mol. The average Bonchev–Trinajstić information content (AvgIpc) is 3.25. The molecule has 0 radical (unpaired) electrons. The number of aryl methyl sites for hydroxylation is 1. The van der Waals surface area contributed by atoms with Crippen LogP contribution in [0.3, 0.4) is 0 Å². The van der Waals surface area contributed by atoms with Gasteiger partial charge in [0.25, 0.3) is 0 Å². The number of imidazole rings is 1. The average molecular weight is 628 g/mol. The Bertz CT molecular complexity index is 1550. The van der Waals surface area contributed by atoms with Crippen LogP contribution in [-0.4, -0.2) is 57.1 Å². The lowest BCUT2D eigenvalue weighted by Gasteiger charge is -2.39. The quantitative estimate of drug-likeness (QED) is 0.204. The molecule has 2 heterocycles. The predicted octanol–water partition coefficient (Wildman–Crippen LogP) is 6.26. The lowest BCUT2D eigenvalue weighted by molar-refractivity contribution is 0.108. The van der Waals surface area contributed by atoms with Gasteiger partial charge in [0.1, 0.15) is 0 Å². The standard InChI is InChI=1S/C33H33ClN4O.2ClH.H2O/c34-28-17-18-30-31(25-28)38(29-15-8-3-9-16-29)33(39)37(30)20-10-19-35-21-23-36(24-22-35)32(26-11-4-1-5-12-26)27-13-6-2-7-14-27;;;/h1-9,11-18,25,32H,10,19-24H2;2*1H;1H2. The van der Waals surface area contributed by atoms with E-state index in [9.17, 15) is 4.79 Å². The summed E-state index contributed by atoms with van der Waals surface area (Å²) in [5.41, 5.74) is 5.29. The van der Waals surface area contributed by atoms with Crippen molar-refractivity contribution in [2.24, 2.45) is 0 Å². The van der Waals surface area contributed by atoms with E-state index in [0.717, 1.165) is 55.9 Å². The molecule has 42 heavy (non-hydrogen) atoms. The van der Waals surface area contributed by atoms with E-state index < -0.39 is 0 Å². The Kier molecular flexibility index (Phi) is 12.2. The lowest BCUT2D eigenvalue weighted by Crippen LogP contribution is -2.48. The van der Waals surface area contributed by atoms with Crippen LogP contribution in [0.4, 0.5) is 0 Å². The molecule has 1 saturated heterocycles. The van der Waals surface area contributed by atoms with Gasteiger partial charge < -0.3 is 10.4 Å². The van der Waals surface area contributed by atoms with Crippen LogP contribution in [0.25, 0.3) is 16.7 Å². The van der Waals surface area contributed by atoms with Crippen molar-refractivity contribution in [2.45, 2.75) is 19.0 Å². The van der Waals surface area contributed by atoms with Gasteiger partial charge in [-0.1, -0.05) is 90.5 Å². The molecular formula is C33H37Cl3N4O2. The van der Waals surface area contributed by atoms with E-state index in [1.54, 1.807) is 4.57 Å². The van der Waals surface area contributed by atoms with E-state index >= 15 is 0 Å². The first-order valence-electron chi connectivity index (χ1n) is 13.7. The number of halogens is 3. The zero-order valence-electron chi connectivity index (χ0n) is 23.3. The number of para-hydroxylation sites is 1. The number of fused-ring (bicyclic) bond motifs is 1. The molecule has 0 spiro atoms. The van der Waals surface area contributed by atoms with Gasteiger partial charge in [0.2, 0.25) is 0 Å². The minimum absolute atomic E-state index is 0. The second kappa shape index (κ2) is 15.4. The maximum absolute atomic E-state index is 13.5. The first kappa shape index (κ1) is 33.4. The predicted molar refractivity (Wildman–Crippen MR) is 178 cm³/mol. The fraction of sp³-hybridized carbons (Fsp3) is 0.242. The highest BCUT2D eigenvalue weighted by Crippen LogP contribution is 2.29. The zero-order chi connectivity index (χ0) is 26.6. The molecule has 0 bridgehead atoms. The largest absolute Gasteiger partial charge is 0.412 e. The molecule has 0 amide bonds. The fourth-order valence-electron chi connectivity index (χ4n) is 5.86. The summed E-state index contributed by atoms with van der Waals surface area (Å²) in [6.45, 7) is 5.71. The molecule has 222 valence electrons. The van der Waals surface area contributed by atoms with Crippen molar-refractivity contribution in [3.05, 3.63) is 136 Å². The molecule has 1 aliphatic heterocycles. The topological polar surface area (TPSA) is 64.9 Å². The molecule has 6 rings (SSSR count). The third kappa shape index (κ3) is 7.09. The van der Waals surface area contributed by atoms with Crippen molar-refractivity contribution in [1.82, 2.24) is 18.9 Å². The van der Waals surface area contributed by atoms with E-state index in [4.69, 9.17) is 11.6 Å². The number of benzene rings is 4. The smallest absolute Gasteiger partial charge is 0.333 e. The van der Waals surface area contributed by atoms with Gasteiger partial charge in [-0.3, -0.25) is 14.0 Å². The van der Waals surface area contributed by atoms with Crippen molar-refractivity contribution in [1.29, 1.82) is 0 Å². The van der Waals surface area contributed by atoms with Gasteiger partial charge in [-0.25, -0.2) is 4.79 Å². The number of piperazine rings is 1. The van der Waals surface area contributed by atoms with E-state index in [0.29, 0.717) is 11.6 Å². The van der Waals surface area contributed by atoms with Crippen molar-refractivity contribution in [2.75, 3.05) is 32.7 Å². The van der Waals surface area contributed by atoms with Crippen LogP contribution in [0.1, 0.15) is 23.6 Å². The minimum atomic E-state index is -0.0168. The molecule has 0 unspecified atom stereocenters. The van der Waals surface area contributed by atoms with Crippen LogP contribution in [0.5, 0.6) is 0 Å². The molecule has 2 N–H and O–H groups in total. The molecule has 1 aromatic heterocycles. The van der Waals surface area contributed by atoms with Crippen molar-refractivity contribution in [3.8, 4) is 5.69 Å². The Morgan fingerprint density at radius 3 is 1.79 bits per heavy atom. The van der Waals surface area contributed by atoms with Gasteiger partial charge in [-0.15, -0.1) is 24.8 Å². The second-order valence-corrected chi connectivity index (χ2v) is 10.6. The molecule has 1 aliphatic rings. The number of aromatic nitrogens is 2. The minimum Gasteiger partial charge on any atom is -0.412 e. The van der Waals surface area contributed by atoms with Gasteiger partial charge >= 0.3 is 5.69 Å². The molecule has 5 aromatic rings. The maximum Gasteiger partial charge on any atom is 0.333 e. The van der Waals surface area contributed by atoms with Gasteiger partial charge in [0, 0.05) is 37.7 Å². The lowest BCUT2D eigenvalue weighted by atomic mass is 9.96. The monoisotopic (exact) mass is 626 g/mol. The number of hydrogen-bond acceptors (Lipinski definition) is 3. The van der Waals surface area contributed by atoms with Gasteiger partial charge in [-0.2, -0.15) is 0 Å². The highest BCUT2D eigenvalue weighted by atomic mass is 35.5. The first-order valence-corrected chi connectivity index (χ1v) is 14.1. The van der Waals surface area contributed by atoms with Crippen LogP contribution in [0, 0.1) is 0 Å². The van der Waals surface area contributed by atoms with Crippen LogP contribution >= 0.6 is 36.4 Å². The summed E-state index contributed by atoms with van der Waals surface area (Å²) < 4.78 is 3.67. The van der Waals surface area contributed by atoms with Gasteiger partial charge in [0.05, 0.1) is 22.8 Å². The third-order valence-electron chi connectivity index (χ3n) is 7.76. The number of hydrogen-bond donors (Lipinski definition) is 0. The molecule has 0 saturated carbocycles. The highest BCUT2D eigenvalue weighted by molar-refractivity contribution is 6.31. The SMILES string of the molecule is Cl.Cl.O.O=c1n(CCCN2CCN(C(c3ccccc3)c3ccccc3)CC2)c2ccc(Cl)cc2n1-c1ccccc1. The summed E-state index contributed by atoms with van der Waals surface area (Å²) in [4.78, 5) is 18.7. The first-order chi connectivity index (χ1) is 19.2. The van der Waals surface area contributed by atoms with Crippen LogP contribution < -0.4 is 5.69 Å². The van der Waals surface area contributed by atoms with E-state index in [1.807, 2.05) is 53.1 Å². The van der Waals surface area contributed by atoms with E-state index in [1.165, 1.54) is 11.1 Å². The summed E-state index contributed by atoms with van der Waals surface area (Å²) >= 11 is 6.32. The van der Waals surface area contributed by atoms with Gasteiger partial charge in [0.15, 0.2) is 0 Å². The summed E-state index contributed by atoms with van der Waals surface area (Å²) in [5.74, 6) is 0. The molecule has 9 heteroatoms. The summed E-state index contributed by atoms with van der Waals surface area (Å²) in [7, 11) is 0. The van der Waals surface area contributed by atoms with E-state index in [-0.39, 0.29) is 42.0 Å². The van der Waals surface area contributed by atoms with Crippen LogP contribution in [0.15, 0.2) is 114 Å². The second-order valence-electron chi connectivity index (χ2n) is 10.2.